The highest BCUT2D eigenvalue weighted by atomic mass is 127. The Balaban J connectivity index is 0.00000341. The van der Waals surface area contributed by atoms with Crippen molar-refractivity contribution in [3.05, 3.63) is 53.6 Å². The molecule has 7 nitrogen and oxygen atoms in total. The van der Waals surface area contributed by atoms with Gasteiger partial charge in [0.1, 0.15) is 5.75 Å². The molecule has 2 aromatic carbocycles. The van der Waals surface area contributed by atoms with E-state index in [0.717, 1.165) is 55.7 Å². The van der Waals surface area contributed by atoms with E-state index in [4.69, 9.17) is 14.2 Å². The first kappa shape index (κ1) is 25.1. The largest absolute Gasteiger partial charge is 0.494 e. The number of benzene rings is 2. The van der Waals surface area contributed by atoms with E-state index in [1.165, 1.54) is 11.1 Å². The topological polar surface area (TPSA) is 67.4 Å². The van der Waals surface area contributed by atoms with Crippen molar-refractivity contribution in [2.24, 2.45) is 4.99 Å². The van der Waals surface area contributed by atoms with Crippen molar-refractivity contribution >= 4 is 29.9 Å². The number of hydrogen-bond acceptors (Lipinski definition) is 5. The van der Waals surface area contributed by atoms with Gasteiger partial charge in [0.05, 0.1) is 6.61 Å². The number of nitrogens with one attached hydrogen (secondary N) is 2. The predicted molar refractivity (Wildman–Crippen MR) is 135 cm³/mol. The quantitative estimate of drug-likeness (QED) is 0.209. The number of fused-ring (bicyclic) bond motifs is 1. The summed E-state index contributed by atoms with van der Waals surface area (Å²) in [6.07, 6.45) is 1.89. The number of hydrogen-bond donors (Lipinski definition) is 2. The molecule has 1 heterocycles. The Hall–Kier alpha value is -2.20. The van der Waals surface area contributed by atoms with Gasteiger partial charge in [0.2, 0.25) is 6.79 Å². The lowest BCUT2D eigenvalue weighted by molar-refractivity contribution is 0.174. The van der Waals surface area contributed by atoms with E-state index in [0.29, 0.717) is 13.3 Å². The zero-order chi connectivity index (χ0) is 21.2. The van der Waals surface area contributed by atoms with Crippen LogP contribution < -0.4 is 24.8 Å². The molecule has 1 aliphatic heterocycles. The van der Waals surface area contributed by atoms with Gasteiger partial charge in [0, 0.05) is 26.7 Å². The highest BCUT2D eigenvalue weighted by Gasteiger charge is 2.12. The first-order valence-corrected chi connectivity index (χ1v) is 10.3. The minimum absolute atomic E-state index is 0. The Bertz CT molecular complexity index is 828. The Morgan fingerprint density at radius 2 is 1.77 bits per heavy atom. The van der Waals surface area contributed by atoms with Crippen molar-refractivity contribution in [1.29, 1.82) is 0 Å². The average molecular weight is 540 g/mol. The fourth-order valence-corrected chi connectivity index (χ4v) is 3.10. The normalized spacial score (nSPS) is 12.5. The van der Waals surface area contributed by atoms with Gasteiger partial charge >= 0.3 is 0 Å². The molecule has 2 aromatic rings. The standard InChI is InChI=1S/C23H32N4O3.HI/c1-24-23(25-12-11-18-7-10-21-22(15-18)30-17-29-21)26-16-19-5-8-20(9-6-19)28-14-4-13-27(2)3;/h5-10,15H,4,11-14,16-17H2,1-3H3,(H2,24,25,26);1H. The maximum atomic E-state index is 5.78. The van der Waals surface area contributed by atoms with Crippen LogP contribution in [0.1, 0.15) is 17.5 Å². The van der Waals surface area contributed by atoms with Gasteiger partial charge < -0.3 is 29.7 Å². The van der Waals surface area contributed by atoms with Crippen molar-refractivity contribution in [3.8, 4) is 17.2 Å². The SMILES string of the molecule is CN=C(NCCc1ccc2c(c1)OCO2)NCc1ccc(OCCCN(C)C)cc1.I. The van der Waals surface area contributed by atoms with Crippen LogP contribution in [0.5, 0.6) is 17.2 Å². The van der Waals surface area contributed by atoms with Crippen LogP contribution in [0.25, 0.3) is 0 Å². The third-order valence-corrected chi connectivity index (χ3v) is 4.77. The molecule has 170 valence electrons. The van der Waals surface area contributed by atoms with Crippen molar-refractivity contribution < 1.29 is 14.2 Å². The number of halogens is 1. The molecule has 1 aliphatic rings. The minimum atomic E-state index is 0. The molecule has 0 saturated carbocycles. The second-order valence-corrected chi connectivity index (χ2v) is 7.44. The molecule has 0 aromatic heterocycles. The molecule has 8 heteroatoms. The number of ether oxygens (including phenoxy) is 3. The summed E-state index contributed by atoms with van der Waals surface area (Å²) in [5.74, 6) is 3.32. The fraction of sp³-hybridized carbons (Fsp3) is 0.435. The molecule has 0 spiro atoms. The van der Waals surface area contributed by atoms with Gasteiger partial charge in [-0.2, -0.15) is 0 Å². The number of guanidine groups is 1. The Morgan fingerprint density at radius 1 is 1.03 bits per heavy atom. The molecule has 0 radical (unpaired) electrons. The lowest BCUT2D eigenvalue weighted by Crippen LogP contribution is -2.37. The van der Waals surface area contributed by atoms with Crippen molar-refractivity contribution in [2.45, 2.75) is 19.4 Å². The van der Waals surface area contributed by atoms with E-state index >= 15 is 0 Å². The molecule has 31 heavy (non-hydrogen) atoms. The first-order chi connectivity index (χ1) is 14.6. The third-order valence-electron chi connectivity index (χ3n) is 4.77. The van der Waals surface area contributed by atoms with E-state index < -0.39 is 0 Å². The van der Waals surface area contributed by atoms with Gasteiger partial charge in [-0.05, 0) is 62.3 Å². The van der Waals surface area contributed by atoms with E-state index in [1.54, 1.807) is 7.05 Å². The lowest BCUT2D eigenvalue weighted by Gasteiger charge is -2.13. The zero-order valence-corrected chi connectivity index (χ0v) is 20.8. The Kier molecular flexibility index (Phi) is 10.7. The van der Waals surface area contributed by atoms with Crippen LogP contribution in [-0.2, 0) is 13.0 Å². The van der Waals surface area contributed by atoms with Crippen LogP contribution in [0.3, 0.4) is 0 Å². The van der Waals surface area contributed by atoms with Crippen LogP contribution in [0.4, 0.5) is 0 Å². The highest BCUT2D eigenvalue weighted by Crippen LogP contribution is 2.32. The summed E-state index contributed by atoms with van der Waals surface area (Å²) in [7, 11) is 5.92. The van der Waals surface area contributed by atoms with Crippen LogP contribution in [0.2, 0.25) is 0 Å². The van der Waals surface area contributed by atoms with Gasteiger partial charge in [-0.25, -0.2) is 0 Å². The van der Waals surface area contributed by atoms with Crippen LogP contribution >= 0.6 is 24.0 Å². The van der Waals surface area contributed by atoms with Gasteiger partial charge in [0.25, 0.3) is 0 Å². The number of nitrogens with zero attached hydrogens (tertiary/aromatic N) is 2. The van der Waals surface area contributed by atoms with Crippen LogP contribution in [0, 0.1) is 0 Å². The van der Waals surface area contributed by atoms with E-state index in [2.05, 4.69) is 52.8 Å². The monoisotopic (exact) mass is 540 g/mol. The molecule has 3 rings (SSSR count). The summed E-state index contributed by atoms with van der Waals surface area (Å²) in [4.78, 5) is 6.46. The summed E-state index contributed by atoms with van der Waals surface area (Å²) in [6, 6.07) is 14.2. The fourth-order valence-electron chi connectivity index (χ4n) is 3.10. The maximum Gasteiger partial charge on any atom is 0.231 e. The highest BCUT2D eigenvalue weighted by molar-refractivity contribution is 14.0. The third kappa shape index (κ3) is 8.45. The summed E-state index contributed by atoms with van der Waals surface area (Å²) in [5.41, 5.74) is 2.37. The summed E-state index contributed by atoms with van der Waals surface area (Å²) < 4.78 is 16.6. The molecule has 0 bridgehead atoms. The molecular formula is C23H33IN4O3. The van der Waals surface area contributed by atoms with E-state index in [9.17, 15) is 0 Å². The van der Waals surface area contributed by atoms with Gasteiger partial charge in [-0.15, -0.1) is 24.0 Å². The summed E-state index contributed by atoms with van der Waals surface area (Å²) in [5, 5.41) is 6.69. The number of aliphatic imine (C=N–C) groups is 1. The Morgan fingerprint density at radius 3 is 2.52 bits per heavy atom. The number of rotatable bonds is 10. The smallest absolute Gasteiger partial charge is 0.231 e. The van der Waals surface area contributed by atoms with Crippen LogP contribution in [-0.4, -0.2) is 58.5 Å². The second kappa shape index (κ2) is 13.3. The lowest BCUT2D eigenvalue weighted by atomic mass is 10.1. The van der Waals surface area contributed by atoms with Gasteiger partial charge in [-0.1, -0.05) is 18.2 Å². The molecular weight excluding hydrogens is 507 g/mol. The minimum Gasteiger partial charge on any atom is -0.494 e. The average Bonchev–Trinajstić information content (AvgIpc) is 3.22. The van der Waals surface area contributed by atoms with Crippen molar-refractivity contribution in [1.82, 2.24) is 15.5 Å². The summed E-state index contributed by atoms with van der Waals surface area (Å²) >= 11 is 0. The molecule has 0 saturated heterocycles. The van der Waals surface area contributed by atoms with Gasteiger partial charge in [-0.3, -0.25) is 4.99 Å². The predicted octanol–water partition coefficient (Wildman–Crippen LogP) is 3.27. The molecule has 0 amide bonds. The second-order valence-electron chi connectivity index (χ2n) is 7.44. The van der Waals surface area contributed by atoms with Crippen LogP contribution in [0.15, 0.2) is 47.5 Å². The molecule has 0 atom stereocenters. The molecule has 2 N–H and O–H groups in total. The van der Waals surface area contributed by atoms with Gasteiger partial charge in [0.15, 0.2) is 17.5 Å². The molecule has 0 aliphatic carbocycles. The zero-order valence-electron chi connectivity index (χ0n) is 18.5. The maximum absolute atomic E-state index is 5.78. The Labute approximate surface area is 202 Å². The van der Waals surface area contributed by atoms with Crippen molar-refractivity contribution in [2.75, 3.05) is 47.6 Å². The summed E-state index contributed by atoms with van der Waals surface area (Å²) in [6.45, 7) is 3.54. The van der Waals surface area contributed by atoms with E-state index in [1.807, 2.05) is 24.3 Å². The molecule has 0 unspecified atom stereocenters. The van der Waals surface area contributed by atoms with E-state index in [-0.39, 0.29) is 24.0 Å². The van der Waals surface area contributed by atoms with Crippen molar-refractivity contribution in [3.63, 3.8) is 0 Å². The first-order valence-electron chi connectivity index (χ1n) is 10.3. The molecule has 0 fully saturated rings.